The monoisotopic (exact) mass is 539 g/mol. The zero-order chi connectivity index (χ0) is 26.6. The van der Waals surface area contributed by atoms with Crippen LogP contribution in [0, 0.1) is 11.8 Å². The van der Waals surface area contributed by atoms with Crippen LogP contribution in [0.2, 0.25) is 0 Å². The van der Waals surface area contributed by atoms with E-state index in [9.17, 15) is 14.4 Å². The van der Waals surface area contributed by atoms with Gasteiger partial charge in [0.15, 0.2) is 0 Å². The molecule has 1 aliphatic carbocycles. The number of carbonyl (C=O) groups is 3. The standard InChI is InChI=1S/C31H45N3O3S/c1-22(2)12-18-34-30(37)27(38-31(34)24-9-4-3-5-10-24)21-28(35)32-16-14-26(15-17-32)33-19-13-23-8-6-7-11-25(23)20-29(33)36/h6-8,11,22,24,26-27,31H,3-5,9-10,12-21H2,1-2H3. The maximum absolute atomic E-state index is 13.5. The van der Waals surface area contributed by atoms with E-state index in [1.807, 2.05) is 11.0 Å². The molecule has 3 amide bonds. The minimum Gasteiger partial charge on any atom is -0.342 e. The van der Waals surface area contributed by atoms with Crippen LogP contribution in [0.5, 0.6) is 0 Å². The van der Waals surface area contributed by atoms with E-state index in [4.69, 9.17) is 0 Å². The van der Waals surface area contributed by atoms with Gasteiger partial charge in [0.25, 0.3) is 0 Å². The van der Waals surface area contributed by atoms with Gasteiger partial charge in [-0.25, -0.2) is 0 Å². The van der Waals surface area contributed by atoms with Gasteiger partial charge in [0, 0.05) is 38.6 Å². The number of benzene rings is 1. The quantitative estimate of drug-likeness (QED) is 0.495. The second-order valence-corrected chi connectivity index (χ2v) is 13.6. The third-order valence-corrected chi connectivity index (χ3v) is 10.8. The van der Waals surface area contributed by atoms with Gasteiger partial charge in [-0.1, -0.05) is 57.4 Å². The molecule has 0 N–H and O–H groups in total. The molecule has 0 bridgehead atoms. The molecule has 0 aromatic heterocycles. The Balaban J connectivity index is 1.15. The van der Waals surface area contributed by atoms with Crippen LogP contribution >= 0.6 is 11.8 Å². The molecular formula is C31H45N3O3S. The number of likely N-dealkylation sites (tertiary alicyclic amines) is 1. The van der Waals surface area contributed by atoms with Gasteiger partial charge >= 0.3 is 0 Å². The summed E-state index contributed by atoms with van der Waals surface area (Å²) in [6.45, 7) is 7.35. The Morgan fingerprint density at radius 1 is 0.974 bits per heavy atom. The fourth-order valence-corrected chi connectivity index (χ4v) is 8.55. The van der Waals surface area contributed by atoms with Crippen molar-refractivity contribution in [3.8, 4) is 0 Å². The molecule has 1 aromatic rings. The van der Waals surface area contributed by atoms with Crippen molar-refractivity contribution < 1.29 is 14.4 Å². The number of hydrogen-bond acceptors (Lipinski definition) is 4. The highest BCUT2D eigenvalue weighted by atomic mass is 32.2. The maximum Gasteiger partial charge on any atom is 0.237 e. The summed E-state index contributed by atoms with van der Waals surface area (Å²) in [5, 5.41) is -0.00624. The Morgan fingerprint density at radius 2 is 1.68 bits per heavy atom. The molecule has 4 aliphatic rings. The van der Waals surface area contributed by atoms with Gasteiger partial charge in [0.2, 0.25) is 17.7 Å². The number of hydrogen-bond donors (Lipinski definition) is 0. The summed E-state index contributed by atoms with van der Waals surface area (Å²) < 4.78 is 0. The van der Waals surface area contributed by atoms with E-state index in [0.717, 1.165) is 44.3 Å². The van der Waals surface area contributed by atoms with Crippen LogP contribution < -0.4 is 0 Å². The normalized spacial score (nSPS) is 25.7. The first kappa shape index (κ1) is 27.5. The van der Waals surface area contributed by atoms with E-state index in [0.29, 0.717) is 37.8 Å². The molecule has 6 nitrogen and oxygen atoms in total. The molecule has 2 unspecified atom stereocenters. The molecule has 2 saturated heterocycles. The van der Waals surface area contributed by atoms with E-state index in [1.54, 1.807) is 11.8 Å². The third kappa shape index (κ3) is 6.24. The first-order valence-electron chi connectivity index (χ1n) is 15.0. The number of nitrogens with zero attached hydrogens (tertiary/aromatic N) is 3. The summed E-state index contributed by atoms with van der Waals surface area (Å²) in [5.41, 5.74) is 2.43. The SMILES string of the molecule is CC(C)CCN1C(=O)C(CC(=O)N2CCC(N3CCc4ccccc4CC3=O)CC2)SC1C1CCCCC1. The number of carbonyl (C=O) groups excluding carboxylic acids is 3. The number of thioether (sulfide) groups is 1. The van der Waals surface area contributed by atoms with Crippen LogP contribution in [0.1, 0.15) is 82.8 Å². The van der Waals surface area contributed by atoms with Crippen molar-refractivity contribution in [1.29, 1.82) is 0 Å². The fourth-order valence-electron chi connectivity index (χ4n) is 6.87. The van der Waals surface area contributed by atoms with Crippen LogP contribution in [0.3, 0.4) is 0 Å². The summed E-state index contributed by atoms with van der Waals surface area (Å²) in [5.74, 6) is 1.63. The largest absolute Gasteiger partial charge is 0.342 e. The van der Waals surface area contributed by atoms with Crippen LogP contribution in [-0.4, -0.2) is 75.3 Å². The average molecular weight is 540 g/mol. The van der Waals surface area contributed by atoms with Crippen molar-refractivity contribution in [2.24, 2.45) is 11.8 Å². The minimum absolute atomic E-state index is 0.108. The molecule has 3 aliphatic heterocycles. The number of fused-ring (bicyclic) bond motifs is 1. The Hall–Kier alpha value is -2.02. The van der Waals surface area contributed by atoms with Crippen molar-refractivity contribution in [3.05, 3.63) is 35.4 Å². The first-order valence-corrected chi connectivity index (χ1v) is 15.9. The minimum atomic E-state index is -0.245. The zero-order valence-corrected chi connectivity index (χ0v) is 24.1. The van der Waals surface area contributed by atoms with Gasteiger partial charge in [0.1, 0.15) is 0 Å². The molecule has 7 heteroatoms. The highest BCUT2D eigenvalue weighted by molar-refractivity contribution is 8.01. The molecule has 1 aromatic carbocycles. The molecule has 5 rings (SSSR count). The van der Waals surface area contributed by atoms with Crippen molar-refractivity contribution >= 4 is 29.5 Å². The van der Waals surface area contributed by atoms with Crippen molar-refractivity contribution in [2.45, 2.75) is 101 Å². The van der Waals surface area contributed by atoms with Gasteiger partial charge in [-0.05, 0) is 61.5 Å². The average Bonchev–Trinajstić information content (AvgIpc) is 3.12. The molecule has 3 heterocycles. The van der Waals surface area contributed by atoms with E-state index in [2.05, 4.69) is 41.8 Å². The molecule has 2 atom stereocenters. The Kier molecular flexibility index (Phi) is 9.02. The molecule has 0 spiro atoms. The summed E-state index contributed by atoms with van der Waals surface area (Å²) in [6.07, 6.45) is 10.6. The van der Waals surface area contributed by atoms with Crippen molar-refractivity contribution in [3.63, 3.8) is 0 Å². The summed E-state index contributed by atoms with van der Waals surface area (Å²) in [6, 6.07) is 8.48. The smallest absolute Gasteiger partial charge is 0.237 e. The van der Waals surface area contributed by atoms with Gasteiger partial charge < -0.3 is 14.7 Å². The lowest BCUT2D eigenvalue weighted by Crippen LogP contribution is -2.49. The lowest BCUT2D eigenvalue weighted by atomic mass is 9.88. The van der Waals surface area contributed by atoms with Crippen LogP contribution in [0.25, 0.3) is 0 Å². The van der Waals surface area contributed by atoms with E-state index < -0.39 is 0 Å². The first-order chi connectivity index (χ1) is 18.4. The zero-order valence-electron chi connectivity index (χ0n) is 23.3. The highest BCUT2D eigenvalue weighted by Gasteiger charge is 2.45. The second kappa shape index (κ2) is 12.4. The predicted octanol–water partition coefficient (Wildman–Crippen LogP) is 4.89. The van der Waals surface area contributed by atoms with Crippen molar-refractivity contribution in [2.75, 3.05) is 26.2 Å². The Labute approximate surface area is 232 Å². The Morgan fingerprint density at radius 3 is 2.39 bits per heavy atom. The topological polar surface area (TPSA) is 60.9 Å². The molecule has 208 valence electrons. The molecule has 1 saturated carbocycles. The van der Waals surface area contributed by atoms with Crippen molar-refractivity contribution in [1.82, 2.24) is 14.7 Å². The highest BCUT2D eigenvalue weighted by Crippen LogP contribution is 2.43. The molecule has 3 fully saturated rings. The van der Waals surface area contributed by atoms with Gasteiger partial charge in [0.05, 0.1) is 17.0 Å². The van der Waals surface area contributed by atoms with Crippen LogP contribution in [0.15, 0.2) is 24.3 Å². The Bertz CT molecular complexity index is 1000. The van der Waals surface area contributed by atoms with E-state index >= 15 is 0 Å². The van der Waals surface area contributed by atoms with E-state index in [1.165, 1.54) is 37.7 Å². The second-order valence-electron chi connectivity index (χ2n) is 12.2. The lowest BCUT2D eigenvalue weighted by Gasteiger charge is -2.38. The van der Waals surface area contributed by atoms with Crippen LogP contribution in [-0.2, 0) is 27.2 Å². The molecule has 38 heavy (non-hydrogen) atoms. The number of amides is 3. The van der Waals surface area contributed by atoms with E-state index in [-0.39, 0.29) is 34.4 Å². The number of piperidine rings is 1. The lowest BCUT2D eigenvalue weighted by molar-refractivity contribution is -0.138. The third-order valence-electron chi connectivity index (χ3n) is 9.19. The predicted molar refractivity (Wildman–Crippen MR) is 153 cm³/mol. The van der Waals surface area contributed by atoms with Gasteiger partial charge in [-0.3, -0.25) is 14.4 Å². The van der Waals surface area contributed by atoms with Gasteiger partial charge in [-0.15, -0.1) is 11.8 Å². The summed E-state index contributed by atoms with van der Waals surface area (Å²) in [4.78, 5) is 46.1. The molecule has 0 radical (unpaired) electrons. The number of rotatable bonds is 7. The van der Waals surface area contributed by atoms with Crippen LogP contribution in [0.4, 0.5) is 0 Å². The fraction of sp³-hybridized carbons (Fsp3) is 0.710. The summed E-state index contributed by atoms with van der Waals surface area (Å²) >= 11 is 1.77. The van der Waals surface area contributed by atoms with Gasteiger partial charge in [-0.2, -0.15) is 0 Å². The summed E-state index contributed by atoms with van der Waals surface area (Å²) in [7, 11) is 0. The maximum atomic E-state index is 13.5. The molecular weight excluding hydrogens is 494 g/mol.